The first-order valence-electron chi connectivity index (χ1n) is 5.42. The molecule has 0 saturated heterocycles. The minimum absolute atomic E-state index is 0.0642. The van der Waals surface area contributed by atoms with Crippen LogP contribution in [0.1, 0.15) is 0 Å². The molecule has 2 aromatic carbocycles. The Morgan fingerprint density at radius 2 is 1.65 bits per heavy atom. The van der Waals surface area contributed by atoms with Crippen LogP contribution in [-0.4, -0.2) is 8.42 Å². The van der Waals surface area contributed by atoms with E-state index in [1.165, 1.54) is 18.2 Å². The fourth-order valence-corrected chi connectivity index (χ4v) is 2.36. The summed E-state index contributed by atoms with van der Waals surface area (Å²) in [5.41, 5.74) is 5.11. The molecule has 0 spiro atoms. The van der Waals surface area contributed by atoms with Crippen molar-refractivity contribution in [2.75, 3.05) is 11.1 Å². The Bertz CT molecular complexity index is 743. The van der Waals surface area contributed by atoms with Gasteiger partial charge in [0.2, 0.25) is 10.0 Å². The lowest BCUT2D eigenvalue weighted by atomic mass is 10.2. The molecule has 0 atom stereocenters. The van der Waals surface area contributed by atoms with Crippen molar-refractivity contribution in [1.29, 1.82) is 0 Å². The van der Waals surface area contributed by atoms with Crippen molar-refractivity contribution in [2.24, 2.45) is 5.14 Å². The summed E-state index contributed by atoms with van der Waals surface area (Å²) in [5, 5.41) is 7.42. The lowest BCUT2D eigenvalue weighted by Gasteiger charge is -2.12. The zero-order valence-corrected chi connectivity index (χ0v) is 10.9. The van der Waals surface area contributed by atoms with E-state index in [-0.39, 0.29) is 16.3 Å². The summed E-state index contributed by atoms with van der Waals surface area (Å²) < 4.78 is 50.0. The van der Waals surface area contributed by atoms with Crippen LogP contribution >= 0.6 is 0 Å². The van der Waals surface area contributed by atoms with Gasteiger partial charge in [0.25, 0.3) is 0 Å². The van der Waals surface area contributed by atoms with Crippen LogP contribution in [0.15, 0.2) is 41.3 Å². The molecule has 0 aromatic heterocycles. The van der Waals surface area contributed by atoms with E-state index in [1.807, 2.05) is 0 Å². The maximum absolute atomic E-state index is 13.5. The van der Waals surface area contributed by atoms with Gasteiger partial charge in [-0.05, 0) is 30.3 Å². The van der Waals surface area contributed by atoms with Crippen LogP contribution in [0.4, 0.5) is 25.8 Å². The average Bonchev–Trinajstić information content (AvgIpc) is 2.34. The van der Waals surface area contributed by atoms with Crippen molar-refractivity contribution in [1.82, 2.24) is 0 Å². The molecule has 0 aliphatic heterocycles. The molecule has 0 saturated carbocycles. The zero-order valence-electron chi connectivity index (χ0n) is 10.1. The second kappa shape index (κ2) is 5.06. The quantitative estimate of drug-likeness (QED) is 0.754. The number of sulfonamides is 1. The van der Waals surface area contributed by atoms with Crippen LogP contribution in [0.5, 0.6) is 0 Å². The molecule has 5 nitrogen and oxygen atoms in total. The van der Waals surface area contributed by atoms with E-state index < -0.39 is 27.3 Å². The van der Waals surface area contributed by atoms with Crippen LogP contribution in [0.3, 0.4) is 0 Å². The van der Waals surface area contributed by atoms with Gasteiger partial charge in [-0.25, -0.2) is 22.3 Å². The highest BCUT2D eigenvalue weighted by atomic mass is 32.2. The molecule has 2 aromatic rings. The number of nitrogens with one attached hydrogen (secondary N) is 1. The van der Waals surface area contributed by atoms with Crippen molar-refractivity contribution in [3.05, 3.63) is 48.0 Å². The minimum Gasteiger partial charge on any atom is -0.399 e. The van der Waals surface area contributed by atoms with Crippen LogP contribution < -0.4 is 16.2 Å². The predicted octanol–water partition coefficient (Wildman–Crippen LogP) is 1.94. The second-order valence-corrected chi connectivity index (χ2v) is 5.55. The third-order valence-corrected chi connectivity index (χ3v) is 3.49. The Morgan fingerprint density at radius 3 is 2.20 bits per heavy atom. The summed E-state index contributed by atoms with van der Waals surface area (Å²) in [6, 6.07) is 7.05. The zero-order chi connectivity index (χ0) is 14.9. The van der Waals surface area contributed by atoms with Crippen LogP contribution in [0.25, 0.3) is 0 Å². The average molecular weight is 299 g/mol. The number of anilines is 3. The minimum atomic E-state index is -4.09. The van der Waals surface area contributed by atoms with E-state index in [0.717, 1.165) is 18.2 Å². The number of primary sulfonamides is 1. The molecular formula is C12H11F2N3O2S. The van der Waals surface area contributed by atoms with Crippen molar-refractivity contribution in [3.8, 4) is 0 Å². The van der Waals surface area contributed by atoms with Gasteiger partial charge in [0.05, 0.1) is 5.69 Å². The summed E-state index contributed by atoms with van der Waals surface area (Å²) in [6.45, 7) is 0. The van der Waals surface area contributed by atoms with E-state index in [0.29, 0.717) is 0 Å². The molecule has 0 amide bonds. The van der Waals surface area contributed by atoms with Gasteiger partial charge in [0.1, 0.15) is 22.2 Å². The molecule has 2 rings (SSSR count). The maximum atomic E-state index is 13.5. The molecule has 8 heteroatoms. The van der Waals surface area contributed by atoms with E-state index >= 15 is 0 Å². The Balaban J connectivity index is 2.55. The molecule has 106 valence electrons. The van der Waals surface area contributed by atoms with Crippen molar-refractivity contribution in [3.63, 3.8) is 0 Å². The first-order chi connectivity index (χ1) is 9.29. The van der Waals surface area contributed by atoms with Crippen molar-refractivity contribution in [2.45, 2.75) is 4.90 Å². The number of nitrogens with two attached hydrogens (primary N) is 2. The maximum Gasteiger partial charge on any atom is 0.240 e. The molecule has 0 fully saturated rings. The Labute approximate surface area is 114 Å². The first-order valence-corrected chi connectivity index (χ1v) is 6.97. The van der Waals surface area contributed by atoms with Crippen LogP contribution in [-0.2, 0) is 10.0 Å². The number of hydrogen-bond acceptors (Lipinski definition) is 4. The largest absolute Gasteiger partial charge is 0.399 e. The molecule has 0 aliphatic carbocycles. The van der Waals surface area contributed by atoms with E-state index in [1.54, 1.807) is 0 Å². The number of nitrogen functional groups attached to an aromatic ring is 1. The number of hydrogen-bond donors (Lipinski definition) is 3. The molecule has 0 aliphatic rings. The third kappa shape index (κ3) is 2.86. The number of halogens is 2. The van der Waals surface area contributed by atoms with Crippen molar-refractivity contribution < 1.29 is 17.2 Å². The van der Waals surface area contributed by atoms with Gasteiger partial charge in [-0.15, -0.1) is 0 Å². The van der Waals surface area contributed by atoms with Crippen LogP contribution in [0.2, 0.25) is 0 Å². The molecule has 0 bridgehead atoms. The molecule has 20 heavy (non-hydrogen) atoms. The topological polar surface area (TPSA) is 98.2 Å². The lowest BCUT2D eigenvalue weighted by molar-refractivity contribution is 0.589. The highest BCUT2D eigenvalue weighted by Gasteiger charge is 2.17. The number of benzene rings is 2. The normalized spacial score (nSPS) is 11.3. The lowest BCUT2D eigenvalue weighted by Crippen LogP contribution is -2.15. The van der Waals surface area contributed by atoms with Gasteiger partial charge in [-0.3, -0.25) is 0 Å². The molecule has 5 N–H and O–H groups in total. The van der Waals surface area contributed by atoms with Gasteiger partial charge in [-0.1, -0.05) is 6.07 Å². The third-order valence-electron chi connectivity index (χ3n) is 2.53. The first kappa shape index (κ1) is 14.2. The Kier molecular flexibility index (Phi) is 3.60. The predicted molar refractivity (Wildman–Crippen MR) is 71.9 cm³/mol. The fourth-order valence-electron chi connectivity index (χ4n) is 1.63. The monoisotopic (exact) mass is 299 g/mol. The van der Waals surface area contributed by atoms with Gasteiger partial charge in [0, 0.05) is 5.69 Å². The van der Waals surface area contributed by atoms with E-state index in [4.69, 9.17) is 10.9 Å². The molecular weight excluding hydrogens is 288 g/mol. The number of rotatable bonds is 3. The van der Waals surface area contributed by atoms with Gasteiger partial charge < -0.3 is 11.1 Å². The van der Waals surface area contributed by atoms with Crippen LogP contribution in [0, 0.1) is 11.6 Å². The standard InChI is InChI=1S/C12H11F2N3O2S/c13-8-2-1-3-9(14)12(8)17-10-5-4-7(15)6-11(10)20(16,18)19/h1-6,17H,15H2,(H2,16,18,19). The molecule has 0 heterocycles. The van der Waals surface area contributed by atoms with Crippen molar-refractivity contribution >= 4 is 27.1 Å². The fraction of sp³-hybridized carbons (Fsp3) is 0. The van der Waals surface area contributed by atoms with Gasteiger partial charge in [-0.2, -0.15) is 0 Å². The summed E-state index contributed by atoms with van der Waals surface area (Å²) >= 11 is 0. The SMILES string of the molecule is Nc1ccc(Nc2c(F)cccc2F)c(S(N)(=O)=O)c1. The molecule has 0 unspecified atom stereocenters. The van der Waals surface area contributed by atoms with Gasteiger partial charge in [0.15, 0.2) is 0 Å². The summed E-state index contributed by atoms with van der Waals surface area (Å²) in [6.07, 6.45) is 0. The Morgan fingerprint density at radius 1 is 1.05 bits per heavy atom. The summed E-state index contributed by atoms with van der Waals surface area (Å²) in [5.74, 6) is -1.72. The summed E-state index contributed by atoms with van der Waals surface area (Å²) in [7, 11) is -4.09. The molecule has 0 radical (unpaired) electrons. The highest BCUT2D eigenvalue weighted by molar-refractivity contribution is 7.89. The Hall–Kier alpha value is -2.19. The number of para-hydroxylation sites is 1. The smallest absolute Gasteiger partial charge is 0.240 e. The second-order valence-electron chi connectivity index (χ2n) is 4.02. The van der Waals surface area contributed by atoms with E-state index in [9.17, 15) is 17.2 Å². The van der Waals surface area contributed by atoms with Gasteiger partial charge >= 0.3 is 0 Å². The highest BCUT2D eigenvalue weighted by Crippen LogP contribution is 2.28. The van der Waals surface area contributed by atoms with E-state index in [2.05, 4.69) is 5.32 Å². The summed E-state index contributed by atoms with van der Waals surface area (Å²) in [4.78, 5) is -0.347.